The lowest BCUT2D eigenvalue weighted by Crippen LogP contribution is -2.09. The van der Waals surface area contributed by atoms with Crippen LogP contribution in [0.15, 0.2) is 30.6 Å². The summed E-state index contributed by atoms with van der Waals surface area (Å²) < 4.78 is 1.80. The molecule has 2 aromatic heterocycles. The predicted octanol–water partition coefficient (Wildman–Crippen LogP) is 3.15. The molecule has 0 aliphatic heterocycles. The number of hydrogen-bond donors (Lipinski definition) is 0. The Morgan fingerprint density at radius 1 is 1.38 bits per heavy atom. The summed E-state index contributed by atoms with van der Waals surface area (Å²) in [4.78, 5) is 10.5. The van der Waals surface area contributed by atoms with Crippen molar-refractivity contribution in [3.05, 3.63) is 46.3 Å². The van der Waals surface area contributed by atoms with Gasteiger partial charge in [-0.1, -0.05) is 20.8 Å². The summed E-state index contributed by atoms with van der Waals surface area (Å²) in [6, 6.07) is 5.11. The third kappa shape index (κ3) is 1.66. The number of nitro groups is 1. The normalized spacial score (nSPS) is 11.9. The Hall–Kier alpha value is -1.84. The molecule has 84 valence electrons. The molecular weight excluding hydrogens is 204 g/mol. The van der Waals surface area contributed by atoms with Crippen LogP contribution in [0.1, 0.15) is 26.3 Å². The standard InChI is InChI=1S/C12H14N2O2/c1-12(2,3)9-7-11-10(14(15)16)5-4-6-13(11)8-9/h4-8H,1-3H3. The SMILES string of the molecule is CC(C)(C)c1cc2c([N+](=O)[O-])cccn2c1. The minimum atomic E-state index is -0.345. The number of pyridine rings is 1. The third-order valence-electron chi connectivity index (χ3n) is 2.67. The lowest BCUT2D eigenvalue weighted by atomic mass is 9.89. The van der Waals surface area contributed by atoms with Gasteiger partial charge in [0.2, 0.25) is 0 Å². The first-order valence-electron chi connectivity index (χ1n) is 5.15. The minimum absolute atomic E-state index is 0.000111. The van der Waals surface area contributed by atoms with Crippen molar-refractivity contribution < 1.29 is 4.92 Å². The Kier molecular flexibility index (Phi) is 2.22. The summed E-state index contributed by atoms with van der Waals surface area (Å²) in [5.74, 6) is 0. The highest BCUT2D eigenvalue weighted by Crippen LogP contribution is 2.28. The van der Waals surface area contributed by atoms with Gasteiger partial charge in [0, 0.05) is 18.5 Å². The van der Waals surface area contributed by atoms with Crippen LogP contribution in [-0.4, -0.2) is 9.32 Å². The molecule has 0 radical (unpaired) electrons. The maximum Gasteiger partial charge on any atom is 0.293 e. The van der Waals surface area contributed by atoms with Crippen LogP contribution in [0.4, 0.5) is 5.69 Å². The molecule has 0 aromatic carbocycles. The van der Waals surface area contributed by atoms with Crippen molar-refractivity contribution in [3.8, 4) is 0 Å². The van der Waals surface area contributed by atoms with Crippen LogP contribution in [0, 0.1) is 10.1 Å². The van der Waals surface area contributed by atoms with E-state index < -0.39 is 0 Å². The van der Waals surface area contributed by atoms with Crippen LogP contribution >= 0.6 is 0 Å². The summed E-state index contributed by atoms with van der Waals surface area (Å²) in [5.41, 5.74) is 1.90. The summed E-state index contributed by atoms with van der Waals surface area (Å²) in [5, 5.41) is 10.9. The van der Waals surface area contributed by atoms with Crippen molar-refractivity contribution in [2.45, 2.75) is 26.2 Å². The second-order valence-electron chi connectivity index (χ2n) is 4.92. The molecule has 0 bridgehead atoms. The van der Waals surface area contributed by atoms with Crippen LogP contribution in [0.25, 0.3) is 5.52 Å². The zero-order chi connectivity index (χ0) is 11.9. The van der Waals surface area contributed by atoms with E-state index in [0.717, 1.165) is 5.56 Å². The number of nitrogens with zero attached hydrogens (tertiary/aromatic N) is 2. The molecule has 2 heterocycles. The van der Waals surface area contributed by atoms with E-state index in [1.54, 1.807) is 10.5 Å². The Morgan fingerprint density at radius 3 is 2.62 bits per heavy atom. The van der Waals surface area contributed by atoms with Crippen LogP contribution in [0.3, 0.4) is 0 Å². The molecule has 0 N–H and O–H groups in total. The lowest BCUT2D eigenvalue weighted by molar-refractivity contribution is -0.383. The van der Waals surface area contributed by atoms with Gasteiger partial charge >= 0.3 is 0 Å². The van der Waals surface area contributed by atoms with Gasteiger partial charge in [-0.15, -0.1) is 0 Å². The molecule has 0 atom stereocenters. The average Bonchev–Trinajstić information content (AvgIpc) is 2.59. The summed E-state index contributed by atoms with van der Waals surface area (Å²) in [6.07, 6.45) is 3.78. The number of hydrogen-bond acceptors (Lipinski definition) is 2. The molecule has 0 unspecified atom stereocenters. The molecular formula is C12H14N2O2. The van der Waals surface area contributed by atoms with Gasteiger partial charge in [-0.2, -0.15) is 0 Å². The minimum Gasteiger partial charge on any atom is -0.318 e. The quantitative estimate of drug-likeness (QED) is 0.545. The van der Waals surface area contributed by atoms with E-state index in [1.165, 1.54) is 6.07 Å². The Bertz CT molecular complexity index is 550. The molecule has 0 fully saturated rings. The van der Waals surface area contributed by atoms with Gasteiger partial charge in [0.05, 0.1) is 4.92 Å². The molecule has 0 saturated heterocycles. The van der Waals surface area contributed by atoms with Gasteiger partial charge in [-0.25, -0.2) is 0 Å². The zero-order valence-corrected chi connectivity index (χ0v) is 9.60. The van der Waals surface area contributed by atoms with Crippen molar-refractivity contribution in [3.63, 3.8) is 0 Å². The smallest absolute Gasteiger partial charge is 0.293 e. The second kappa shape index (κ2) is 3.33. The van der Waals surface area contributed by atoms with E-state index in [4.69, 9.17) is 0 Å². The molecule has 2 aromatic rings. The van der Waals surface area contributed by atoms with E-state index in [2.05, 4.69) is 20.8 Å². The van der Waals surface area contributed by atoms with Gasteiger partial charge in [-0.3, -0.25) is 10.1 Å². The summed E-state index contributed by atoms with van der Waals surface area (Å²) in [6.45, 7) is 6.27. The lowest BCUT2D eigenvalue weighted by Gasteiger charge is -2.15. The highest BCUT2D eigenvalue weighted by molar-refractivity contribution is 5.67. The predicted molar refractivity (Wildman–Crippen MR) is 62.8 cm³/mol. The summed E-state index contributed by atoms with van der Waals surface area (Å²) >= 11 is 0. The van der Waals surface area contributed by atoms with Crippen LogP contribution in [0.2, 0.25) is 0 Å². The van der Waals surface area contributed by atoms with Crippen molar-refractivity contribution in [2.75, 3.05) is 0 Å². The van der Waals surface area contributed by atoms with E-state index in [1.807, 2.05) is 18.5 Å². The molecule has 4 nitrogen and oxygen atoms in total. The fourth-order valence-corrected chi connectivity index (χ4v) is 1.68. The second-order valence-corrected chi connectivity index (χ2v) is 4.92. The van der Waals surface area contributed by atoms with E-state index in [9.17, 15) is 10.1 Å². The highest BCUT2D eigenvalue weighted by atomic mass is 16.6. The van der Waals surface area contributed by atoms with Crippen LogP contribution < -0.4 is 0 Å². The number of rotatable bonds is 1. The maximum atomic E-state index is 10.9. The summed E-state index contributed by atoms with van der Waals surface area (Å²) in [7, 11) is 0. The topological polar surface area (TPSA) is 47.5 Å². The van der Waals surface area contributed by atoms with Gasteiger partial charge in [0.25, 0.3) is 5.69 Å². The average molecular weight is 218 g/mol. The molecule has 16 heavy (non-hydrogen) atoms. The fourth-order valence-electron chi connectivity index (χ4n) is 1.68. The first-order valence-corrected chi connectivity index (χ1v) is 5.15. The largest absolute Gasteiger partial charge is 0.318 e. The van der Waals surface area contributed by atoms with E-state index in [-0.39, 0.29) is 16.0 Å². The first-order chi connectivity index (χ1) is 7.39. The molecule has 0 aliphatic rings. The van der Waals surface area contributed by atoms with Crippen LogP contribution in [0.5, 0.6) is 0 Å². The molecule has 0 spiro atoms. The molecule has 0 amide bonds. The van der Waals surface area contributed by atoms with Crippen molar-refractivity contribution in [2.24, 2.45) is 0 Å². The monoisotopic (exact) mass is 218 g/mol. The molecule has 0 aliphatic carbocycles. The van der Waals surface area contributed by atoms with E-state index >= 15 is 0 Å². The van der Waals surface area contributed by atoms with Crippen molar-refractivity contribution in [1.29, 1.82) is 0 Å². The first kappa shape index (κ1) is 10.7. The molecule has 2 rings (SSSR count). The zero-order valence-electron chi connectivity index (χ0n) is 9.60. The Balaban J connectivity index is 2.71. The fraction of sp³-hybridized carbons (Fsp3) is 0.333. The molecule has 0 saturated carbocycles. The van der Waals surface area contributed by atoms with E-state index in [0.29, 0.717) is 5.52 Å². The third-order valence-corrected chi connectivity index (χ3v) is 2.67. The van der Waals surface area contributed by atoms with Gasteiger partial charge < -0.3 is 4.40 Å². The Morgan fingerprint density at radius 2 is 2.06 bits per heavy atom. The van der Waals surface area contributed by atoms with Crippen molar-refractivity contribution >= 4 is 11.2 Å². The number of fused-ring (bicyclic) bond motifs is 1. The highest BCUT2D eigenvalue weighted by Gasteiger charge is 2.19. The van der Waals surface area contributed by atoms with Gasteiger partial charge in [0.15, 0.2) is 0 Å². The van der Waals surface area contributed by atoms with Crippen LogP contribution in [-0.2, 0) is 5.41 Å². The van der Waals surface area contributed by atoms with Gasteiger partial charge in [-0.05, 0) is 23.1 Å². The number of aromatic nitrogens is 1. The Labute approximate surface area is 93.7 Å². The maximum absolute atomic E-state index is 10.9. The van der Waals surface area contributed by atoms with Crippen molar-refractivity contribution in [1.82, 2.24) is 4.40 Å². The van der Waals surface area contributed by atoms with Gasteiger partial charge in [0.1, 0.15) is 5.52 Å². The molecule has 4 heteroatoms.